The normalized spacial score (nSPS) is 40.9. The van der Waals surface area contributed by atoms with Crippen LogP contribution in [0.15, 0.2) is 0 Å². The van der Waals surface area contributed by atoms with Crippen LogP contribution in [0, 0.1) is 17.3 Å². The Morgan fingerprint density at radius 3 is 3.07 bits per heavy atom. The molecule has 1 saturated carbocycles. The van der Waals surface area contributed by atoms with Crippen molar-refractivity contribution < 1.29 is 9.90 Å². The zero-order valence-corrected chi connectivity index (χ0v) is 9.46. The van der Waals surface area contributed by atoms with Crippen molar-refractivity contribution in [1.29, 1.82) is 0 Å². The van der Waals surface area contributed by atoms with E-state index in [0.29, 0.717) is 6.54 Å². The lowest BCUT2D eigenvalue weighted by molar-refractivity contribution is -0.145. The van der Waals surface area contributed by atoms with E-state index < -0.39 is 5.97 Å². The summed E-state index contributed by atoms with van der Waals surface area (Å²) in [6.07, 6.45) is 5.93. The zero-order valence-electron chi connectivity index (χ0n) is 9.46. The summed E-state index contributed by atoms with van der Waals surface area (Å²) in [5, 5.41) is 12.5. The molecule has 3 atom stereocenters. The Morgan fingerprint density at radius 2 is 2.40 bits per heavy atom. The first-order chi connectivity index (χ1) is 7.18. The average Bonchev–Trinajstić information content (AvgIpc) is 2.61. The molecule has 2 fully saturated rings. The molecule has 2 N–H and O–H groups in total. The number of carbonyl (C=O) groups is 1. The van der Waals surface area contributed by atoms with Crippen LogP contribution >= 0.6 is 0 Å². The van der Waals surface area contributed by atoms with E-state index in [1.54, 1.807) is 0 Å². The van der Waals surface area contributed by atoms with Gasteiger partial charge in [0.25, 0.3) is 0 Å². The van der Waals surface area contributed by atoms with Crippen LogP contribution in [0.25, 0.3) is 0 Å². The summed E-state index contributed by atoms with van der Waals surface area (Å²) in [6, 6.07) is 0. The molecule has 0 aromatic heterocycles. The van der Waals surface area contributed by atoms with Gasteiger partial charge in [0.15, 0.2) is 0 Å². The lowest BCUT2D eigenvalue weighted by atomic mass is 9.64. The Hall–Kier alpha value is -0.570. The van der Waals surface area contributed by atoms with Crippen molar-refractivity contribution in [3.8, 4) is 0 Å². The molecule has 3 heteroatoms. The predicted octanol–water partition coefficient (Wildman–Crippen LogP) is 1.88. The van der Waals surface area contributed by atoms with Gasteiger partial charge in [0, 0.05) is 13.1 Å². The molecule has 3 nitrogen and oxygen atoms in total. The Morgan fingerprint density at radius 1 is 1.60 bits per heavy atom. The second-order valence-electron chi connectivity index (χ2n) is 5.25. The summed E-state index contributed by atoms with van der Waals surface area (Å²) in [5.41, 5.74) is 0.0742. The van der Waals surface area contributed by atoms with Crippen LogP contribution in [0.2, 0.25) is 0 Å². The van der Waals surface area contributed by atoms with Gasteiger partial charge in [-0.3, -0.25) is 4.79 Å². The fraction of sp³-hybridized carbons (Fsp3) is 0.917. The largest absolute Gasteiger partial charge is 0.481 e. The van der Waals surface area contributed by atoms with E-state index in [1.807, 2.05) is 0 Å². The van der Waals surface area contributed by atoms with Gasteiger partial charge in [-0.2, -0.15) is 0 Å². The minimum absolute atomic E-state index is 0.0742. The van der Waals surface area contributed by atoms with E-state index in [2.05, 4.69) is 12.2 Å². The Labute approximate surface area is 91.2 Å². The standard InChI is InChI=1S/C12H21NO2/c1-2-9-4-3-5-12(6-9)8-13-7-10(12)11(14)15/h9-10,13H,2-8H2,1H3,(H,14,15). The van der Waals surface area contributed by atoms with Gasteiger partial charge in [-0.05, 0) is 24.2 Å². The van der Waals surface area contributed by atoms with Gasteiger partial charge in [-0.15, -0.1) is 0 Å². The van der Waals surface area contributed by atoms with Crippen molar-refractivity contribution in [1.82, 2.24) is 5.32 Å². The van der Waals surface area contributed by atoms with Crippen LogP contribution in [-0.2, 0) is 4.79 Å². The molecule has 0 amide bonds. The van der Waals surface area contributed by atoms with E-state index >= 15 is 0 Å². The second kappa shape index (κ2) is 4.12. The highest BCUT2D eigenvalue weighted by Crippen LogP contribution is 2.47. The molecule has 0 aromatic carbocycles. The van der Waals surface area contributed by atoms with Gasteiger partial charge < -0.3 is 10.4 Å². The summed E-state index contributed by atoms with van der Waals surface area (Å²) >= 11 is 0. The molecule has 86 valence electrons. The molecule has 1 spiro atoms. The monoisotopic (exact) mass is 211 g/mol. The number of hydrogen-bond acceptors (Lipinski definition) is 2. The number of rotatable bonds is 2. The van der Waals surface area contributed by atoms with E-state index in [1.165, 1.54) is 19.3 Å². The Balaban J connectivity index is 2.13. The van der Waals surface area contributed by atoms with Gasteiger partial charge in [-0.25, -0.2) is 0 Å². The first kappa shape index (κ1) is 10.9. The second-order valence-corrected chi connectivity index (χ2v) is 5.25. The van der Waals surface area contributed by atoms with Crippen molar-refractivity contribution in [2.75, 3.05) is 13.1 Å². The number of carboxylic acid groups (broad SMARTS) is 1. The van der Waals surface area contributed by atoms with Gasteiger partial charge in [0.05, 0.1) is 5.92 Å². The van der Waals surface area contributed by atoms with Crippen molar-refractivity contribution in [2.45, 2.75) is 39.0 Å². The van der Waals surface area contributed by atoms with Crippen LogP contribution in [0.3, 0.4) is 0 Å². The highest BCUT2D eigenvalue weighted by Gasteiger charge is 2.48. The lowest BCUT2D eigenvalue weighted by Crippen LogP contribution is -2.39. The number of nitrogens with one attached hydrogen (secondary N) is 1. The summed E-state index contributed by atoms with van der Waals surface area (Å²) in [7, 11) is 0. The maximum Gasteiger partial charge on any atom is 0.308 e. The SMILES string of the molecule is CCC1CCCC2(CNCC2C(=O)O)C1. The molecule has 1 saturated heterocycles. The molecule has 0 bridgehead atoms. The topological polar surface area (TPSA) is 49.3 Å². The quantitative estimate of drug-likeness (QED) is 0.733. The Kier molecular flexibility index (Phi) is 3.01. The molecule has 3 unspecified atom stereocenters. The highest BCUT2D eigenvalue weighted by molar-refractivity contribution is 5.72. The summed E-state index contributed by atoms with van der Waals surface area (Å²) < 4.78 is 0. The van der Waals surface area contributed by atoms with Gasteiger partial charge in [0.1, 0.15) is 0 Å². The molecule has 0 radical (unpaired) electrons. The number of hydrogen-bond donors (Lipinski definition) is 2. The van der Waals surface area contributed by atoms with Crippen LogP contribution in [0.4, 0.5) is 0 Å². The van der Waals surface area contributed by atoms with Gasteiger partial charge >= 0.3 is 5.97 Å². The minimum Gasteiger partial charge on any atom is -0.481 e. The summed E-state index contributed by atoms with van der Waals surface area (Å²) in [5.74, 6) is 0.00380. The molecule has 1 aliphatic carbocycles. The summed E-state index contributed by atoms with van der Waals surface area (Å²) in [6.45, 7) is 3.81. The van der Waals surface area contributed by atoms with Gasteiger partial charge in [0.2, 0.25) is 0 Å². The maximum absolute atomic E-state index is 11.2. The molecule has 2 rings (SSSR count). The van der Waals surface area contributed by atoms with E-state index in [-0.39, 0.29) is 11.3 Å². The minimum atomic E-state index is -0.600. The summed E-state index contributed by atoms with van der Waals surface area (Å²) in [4.78, 5) is 11.2. The molecule has 1 aliphatic heterocycles. The molecule has 0 aromatic rings. The van der Waals surface area contributed by atoms with Crippen LogP contribution in [-0.4, -0.2) is 24.2 Å². The fourth-order valence-corrected chi connectivity index (χ4v) is 3.50. The zero-order chi connectivity index (χ0) is 10.9. The van der Waals surface area contributed by atoms with Crippen molar-refractivity contribution >= 4 is 5.97 Å². The van der Waals surface area contributed by atoms with E-state index in [4.69, 9.17) is 0 Å². The van der Waals surface area contributed by atoms with Crippen LogP contribution in [0.5, 0.6) is 0 Å². The first-order valence-corrected chi connectivity index (χ1v) is 6.11. The highest BCUT2D eigenvalue weighted by atomic mass is 16.4. The average molecular weight is 211 g/mol. The first-order valence-electron chi connectivity index (χ1n) is 6.11. The lowest BCUT2D eigenvalue weighted by Gasteiger charge is -2.40. The van der Waals surface area contributed by atoms with E-state index in [9.17, 15) is 9.90 Å². The molecule has 2 aliphatic rings. The molecular formula is C12H21NO2. The van der Waals surface area contributed by atoms with Crippen molar-refractivity contribution in [2.24, 2.45) is 17.3 Å². The van der Waals surface area contributed by atoms with Crippen molar-refractivity contribution in [3.05, 3.63) is 0 Å². The third-order valence-electron chi connectivity index (χ3n) is 4.42. The van der Waals surface area contributed by atoms with Gasteiger partial charge in [-0.1, -0.05) is 26.2 Å². The smallest absolute Gasteiger partial charge is 0.308 e. The third-order valence-corrected chi connectivity index (χ3v) is 4.42. The van der Waals surface area contributed by atoms with Crippen molar-refractivity contribution in [3.63, 3.8) is 0 Å². The van der Waals surface area contributed by atoms with E-state index in [0.717, 1.165) is 25.3 Å². The number of aliphatic carboxylic acids is 1. The molecule has 1 heterocycles. The number of carboxylic acids is 1. The van der Waals surface area contributed by atoms with Crippen LogP contribution < -0.4 is 5.32 Å². The molecular weight excluding hydrogens is 190 g/mol. The third kappa shape index (κ3) is 1.89. The van der Waals surface area contributed by atoms with Crippen LogP contribution in [0.1, 0.15) is 39.0 Å². The predicted molar refractivity (Wildman–Crippen MR) is 58.7 cm³/mol. The Bertz CT molecular complexity index is 254. The fourth-order valence-electron chi connectivity index (χ4n) is 3.50. The maximum atomic E-state index is 11.2. The molecule has 15 heavy (non-hydrogen) atoms.